The Morgan fingerprint density at radius 2 is 2.13 bits per heavy atom. The van der Waals surface area contributed by atoms with Crippen molar-refractivity contribution in [2.24, 2.45) is 0 Å². The lowest BCUT2D eigenvalue weighted by molar-refractivity contribution is 0.0474. The van der Waals surface area contributed by atoms with Crippen molar-refractivity contribution < 1.29 is 5.11 Å². The van der Waals surface area contributed by atoms with E-state index >= 15 is 0 Å². The molecular weight excluding hydrogens is 186 g/mol. The van der Waals surface area contributed by atoms with Crippen LogP contribution in [0.25, 0.3) is 0 Å². The molecule has 1 heterocycles. The van der Waals surface area contributed by atoms with Gasteiger partial charge in [0.05, 0.1) is 6.10 Å². The molecule has 1 aliphatic heterocycles. The van der Waals surface area contributed by atoms with Crippen LogP contribution in [0.5, 0.6) is 0 Å². The van der Waals surface area contributed by atoms with Crippen LogP contribution in [-0.2, 0) is 0 Å². The highest BCUT2D eigenvalue weighted by Crippen LogP contribution is 2.38. The number of nitrogens with zero attached hydrogens (tertiary/aromatic N) is 1. The van der Waals surface area contributed by atoms with Gasteiger partial charge in [-0.15, -0.1) is 6.58 Å². The van der Waals surface area contributed by atoms with E-state index in [1.807, 2.05) is 6.08 Å². The van der Waals surface area contributed by atoms with Gasteiger partial charge in [0.1, 0.15) is 0 Å². The van der Waals surface area contributed by atoms with Crippen LogP contribution < -0.4 is 0 Å². The quantitative estimate of drug-likeness (QED) is 0.725. The minimum atomic E-state index is -0.168. The molecule has 1 N–H and O–H groups in total. The summed E-state index contributed by atoms with van der Waals surface area (Å²) in [5.74, 6) is 0. The minimum Gasteiger partial charge on any atom is -0.392 e. The standard InChI is InChI=1S/C13H25NO/c1-6-7-8-13(5)9-11(15)10-14(13)12(2,3)4/h6,11,15H,1,7-10H2,2-5H3/t11-,13?/m1/s1. The number of β-amino-alcohol motifs (C(OH)–C–C–N with tert-alkyl or cyclic N) is 1. The highest BCUT2D eigenvalue weighted by atomic mass is 16.3. The smallest absolute Gasteiger partial charge is 0.0685 e. The fourth-order valence-electron chi connectivity index (χ4n) is 2.85. The Morgan fingerprint density at radius 1 is 1.53 bits per heavy atom. The van der Waals surface area contributed by atoms with E-state index < -0.39 is 0 Å². The molecule has 0 bridgehead atoms. The predicted octanol–water partition coefficient (Wildman–Crippen LogP) is 2.58. The molecule has 0 aromatic rings. The first-order chi connectivity index (χ1) is 6.79. The first-order valence-corrected chi connectivity index (χ1v) is 5.86. The van der Waals surface area contributed by atoms with Crippen molar-refractivity contribution in [2.75, 3.05) is 6.54 Å². The van der Waals surface area contributed by atoms with Gasteiger partial charge in [-0.2, -0.15) is 0 Å². The highest BCUT2D eigenvalue weighted by molar-refractivity contribution is 5.01. The summed E-state index contributed by atoms with van der Waals surface area (Å²) >= 11 is 0. The van der Waals surface area contributed by atoms with Crippen molar-refractivity contribution in [3.05, 3.63) is 12.7 Å². The summed E-state index contributed by atoms with van der Waals surface area (Å²) in [7, 11) is 0. The molecule has 2 nitrogen and oxygen atoms in total. The third kappa shape index (κ3) is 2.82. The summed E-state index contributed by atoms with van der Waals surface area (Å²) in [4.78, 5) is 2.44. The van der Waals surface area contributed by atoms with Crippen LogP contribution in [0.2, 0.25) is 0 Å². The molecule has 0 radical (unpaired) electrons. The SMILES string of the molecule is C=CCCC1(C)C[C@@H](O)CN1C(C)(C)C. The van der Waals surface area contributed by atoms with Crippen molar-refractivity contribution in [2.45, 2.75) is 64.1 Å². The molecule has 0 saturated carbocycles. The Balaban J connectivity index is 2.79. The van der Waals surface area contributed by atoms with Gasteiger partial charge in [-0.1, -0.05) is 6.08 Å². The second kappa shape index (κ2) is 4.26. The molecule has 2 atom stereocenters. The van der Waals surface area contributed by atoms with Crippen molar-refractivity contribution in [3.8, 4) is 0 Å². The highest BCUT2D eigenvalue weighted by Gasteiger charge is 2.45. The van der Waals surface area contributed by atoms with Crippen LogP contribution in [0.1, 0.15) is 47.0 Å². The van der Waals surface area contributed by atoms with Crippen molar-refractivity contribution in [3.63, 3.8) is 0 Å². The summed E-state index contributed by atoms with van der Waals surface area (Å²) in [6, 6.07) is 0. The van der Waals surface area contributed by atoms with Crippen molar-refractivity contribution in [1.82, 2.24) is 4.90 Å². The third-order valence-corrected chi connectivity index (χ3v) is 3.42. The van der Waals surface area contributed by atoms with E-state index in [1.54, 1.807) is 0 Å². The van der Waals surface area contributed by atoms with Crippen LogP contribution >= 0.6 is 0 Å². The number of hydrogen-bond acceptors (Lipinski definition) is 2. The second-order valence-corrected chi connectivity index (χ2v) is 5.96. The number of aliphatic hydroxyl groups excluding tert-OH is 1. The molecule has 0 spiro atoms. The average molecular weight is 211 g/mol. The lowest BCUT2D eigenvalue weighted by Crippen LogP contribution is -2.51. The number of aliphatic hydroxyl groups is 1. The van der Waals surface area contributed by atoms with E-state index in [-0.39, 0.29) is 17.2 Å². The topological polar surface area (TPSA) is 23.5 Å². The Bertz CT molecular complexity index is 231. The number of rotatable bonds is 3. The Morgan fingerprint density at radius 3 is 2.60 bits per heavy atom. The molecule has 1 rings (SSSR count). The van der Waals surface area contributed by atoms with Crippen LogP contribution in [0.3, 0.4) is 0 Å². The Hall–Kier alpha value is -0.340. The van der Waals surface area contributed by atoms with Crippen LogP contribution in [-0.4, -0.2) is 33.7 Å². The number of hydrogen-bond donors (Lipinski definition) is 1. The monoisotopic (exact) mass is 211 g/mol. The summed E-state index contributed by atoms with van der Waals surface area (Å²) in [6.07, 6.45) is 4.80. The summed E-state index contributed by atoms with van der Waals surface area (Å²) in [6.45, 7) is 13.5. The molecule has 0 aromatic carbocycles. The van der Waals surface area contributed by atoms with E-state index in [4.69, 9.17) is 0 Å². The molecule has 1 unspecified atom stereocenters. The van der Waals surface area contributed by atoms with Crippen LogP contribution in [0.15, 0.2) is 12.7 Å². The molecule has 1 aliphatic rings. The van der Waals surface area contributed by atoms with Gasteiger partial charge in [0, 0.05) is 17.6 Å². The van der Waals surface area contributed by atoms with Gasteiger partial charge in [0.2, 0.25) is 0 Å². The Kier molecular flexibility index (Phi) is 3.62. The zero-order chi connectivity index (χ0) is 11.7. The van der Waals surface area contributed by atoms with Gasteiger partial charge < -0.3 is 5.11 Å². The summed E-state index contributed by atoms with van der Waals surface area (Å²) in [5, 5.41) is 9.83. The molecule has 0 amide bonds. The van der Waals surface area contributed by atoms with Gasteiger partial charge in [-0.05, 0) is 47.0 Å². The fraction of sp³-hybridized carbons (Fsp3) is 0.846. The van der Waals surface area contributed by atoms with Crippen molar-refractivity contribution >= 4 is 0 Å². The van der Waals surface area contributed by atoms with E-state index in [9.17, 15) is 5.11 Å². The van der Waals surface area contributed by atoms with E-state index in [0.29, 0.717) is 0 Å². The molecule has 0 aliphatic carbocycles. The Labute approximate surface area is 94.0 Å². The van der Waals surface area contributed by atoms with Crippen LogP contribution in [0, 0.1) is 0 Å². The summed E-state index contributed by atoms with van der Waals surface area (Å²) < 4.78 is 0. The zero-order valence-electron chi connectivity index (χ0n) is 10.6. The van der Waals surface area contributed by atoms with Crippen molar-refractivity contribution in [1.29, 1.82) is 0 Å². The number of likely N-dealkylation sites (tertiary alicyclic amines) is 1. The molecule has 88 valence electrons. The van der Waals surface area contributed by atoms with Gasteiger partial charge in [-0.25, -0.2) is 0 Å². The van der Waals surface area contributed by atoms with E-state index in [2.05, 4.69) is 39.2 Å². The lowest BCUT2D eigenvalue weighted by Gasteiger charge is -2.44. The first-order valence-electron chi connectivity index (χ1n) is 5.86. The van der Waals surface area contributed by atoms with Crippen LogP contribution in [0.4, 0.5) is 0 Å². The van der Waals surface area contributed by atoms with E-state index in [1.165, 1.54) is 0 Å². The van der Waals surface area contributed by atoms with Gasteiger partial charge in [0.25, 0.3) is 0 Å². The summed E-state index contributed by atoms with van der Waals surface area (Å²) in [5.41, 5.74) is 0.263. The lowest BCUT2D eigenvalue weighted by atomic mass is 9.89. The van der Waals surface area contributed by atoms with E-state index in [0.717, 1.165) is 25.8 Å². The molecule has 0 aromatic heterocycles. The molecular formula is C13H25NO. The minimum absolute atomic E-state index is 0.131. The van der Waals surface area contributed by atoms with Gasteiger partial charge in [0.15, 0.2) is 0 Å². The molecule has 2 heteroatoms. The normalized spacial score (nSPS) is 33.3. The maximum absolute atomic E-state index is 9.83. The predicted molar refractivity (Wildman–Crippen MR) is 64.9 cm³/mol. The van der Waals surface area contributed by atoms with Gasteiger partial charge in [-0.3, -0.25) is 4.90 Å². The third-order valence-electron chi connectivity index (χ3n) is 3.42. The molecule has 1 saturated heterocycles. The maximum Gasteiger partial charge on any atom is 0.0685 e. The molecule has 1 fully saturated rings. The zero-order valence-corrected chi connectivity index (χ0v) is 10.6. The van der Waals surface area contributed by atoms with Gasteiger partial charge >= 0.3 is 0 Å². The number of allylic oxidation sites excluding steroid dienone is 1. The first kappa shape index (κ1) is 12.7. The second-order valence-electron chi connectivity index (χ2n) is 5.96. The maximum atomic E-state index is 9.83. The fourth-order valence-corrected chi connectivity index (χ4v) is 2.85. The largest absolute Gasteiger partial charge is 0.392 e. The molecule has 15 heavy (non-hydrogen) atoms. The average Bonchev–Trinajstić information content (AvgIpc) is 2.38.